The number of benzene rings is 1. The first-order valence-electron chi connectivity index (χ1n) is 6.78. The molecule has 2 aromatic rings. The summed E-state index contributed by atoms with van der Waals surface area (Å²) in [6.45, 7) is 3.29. The summed E-state index contributed by atoms with van der Waals surface area (Å²) in [7, 11) is 0. The molecule has 0 spiro atoms. The minimum Gasteiger partial charge on any atom is -0.347 e. The first-order valence-corrected chi connectivity index (χ1v) is 6.78. The van der Waals surface area contributed by atoms with Gasteiger partial charge in [0.15, 0.2) is 0 Å². The summed E-state index contributed by atoms with van der Waals surface area (Å²) in [5, 5.41) is 4.52. The lowest BCUT2D eigenvalue weighted by molar-refractivity contribution is 0.339. The van der Waals surface area contributed by atoms with Crippen molar-refractivity contribution < 1.29 is 4.39 Å². The van der Waals surface area contributed by atoms with Crippen molar-refractivity contribution in [2.45, 2.75) is 25.8 Å². The van der Waals surface area contributed by atoms with Gasteiger partial charge in [0.25, 0.3) is 0 Å². The standard InChI is InChI=1S/C15H19FN2/c16-14-2-1-13-6-10-18(15(13)11-14)9-5-12-3-7-17-8-4-12/h1-2,6,10-12,17H,3-5,7-9H2. The molecule has 0 atom stereocenters. The molecule has 96 valence electrons. The van der Waals surface area contributed by atoms with Gasteiger partial charge in [0, 0.05) is 12.7 Å². The predicted molar refractivity (Wildman–Crippen MR) is 72.1 cm³/mol. The molecule has 1 N–H and O–H groups in total. The molecular formula is C15H19FN2. The second kappa shape index (κ2) is 5.11. The van der Waals surface area contributed by atoms with Crippen LogP contribution in [0.15, 0.2) is 30.5 Å². The first kappa shape index (κ1) is 11.7. The number of hydrogen-bond acceptors (Lipinski definition) is 1. The summed E-state index contributed by atoms with van der Waals surface area (Å²) in [5.74, 6) is 0.668. The van der Waals surface area contributed by atoms with E-state index in [1.165, 1.54) is 25.3 Å². The molecule has 0 amide bonds. The molecule has 1 aliphatic heterocycles. The van der Waals surface area contributed by atoms with Crippen molar-refractivity contribution in [2.75, 3.05) is 13.1 Å². The molecule has 3 heteroatoms. The smallest absolute Gasteiger partial charge is 0.125 e. The van der Waals surface area contributed by atoms with Gasteiger partial charge in [-0.05, 0) is 67.9 Å². The maximum atomic E-state index is 13.3. The lowest BCUT2D eigenvalue weighted by Gasteiger charge is -2.22. The van der Waals surface area contributed by atoms with Crippen molar-refractivity contribution in [3.8, 4) is 0 Å². The van der Waals surface area contributed by atoms with E-state index in [4.69, 9.17) is 0 Å². The van der Waals surface area contributed by atoms with Crippen LogP contribution in [0, 0.1) is 11.7 Å². The SMILES string of the molecule is Fc1ccc2ccn(CCC3CCNCC3)c2c1. The van der Waals surface area contributed by atoms with Gasteiger partial charge in [-0.2, -0.15) is 0 Å². The molecule has 2 heterocycles. The summed E-state index contributed by atoms with van der Waals surface area (Å²) in [6, 6.07) is 7.08. The van der Waals surface area contributed by atoms with E-state index >= 15 is 0 Å². The van der Waals surface area contributed by atoms with Gasteiger partial charge >= 0.3 is 0 Å². The number of piperidine rings is 1. The number of hydrogen-bond donors (Lipinski definition) is 1. The van der Waals surface area contributed by atoms with Gasteiger partial charge in [-0.15, -0.1) is 0 Å². The van der Waals surface area contributed by atoms with Crippen LogP contribution in [0.3, 0.4) is 0 Å². The van der Waals surface area contributed by atoms with Gasteiger partial charge in [-0.1, -0.05) is 0 Å². The third-order valence-corrected chi connectivity index (χ3v) is 3.97. The van der Waals surface area contributed by atoms with Crippen molar-refractivity contribution in [3.05, 3.63) is 36.3 Å². The summed E-state index contributed by atoms with van der Waals surface area (Å²) in [4.78, 5) is 0. The number of nitrogens with zero attached hydrogens (tertiary/aromatic N) is 1. The topological polar surface area (TPSA) is 17.0 Å². The van der Waals surface area contributed by atoms with Crippen LogP contribution in [-0.4, -0.2) is 17.7 Å². The highest BCUT2D eigenvalue weighted by Gasteiger charge is 2.13. The number of rotatable bonds is 3. The number of nitrogens with one attached hydrogen (secondary N) is 1. The Hall–Kier alpha value is -1.35. The highest BCUT2D eigenvalue weighted by Crippen LogP contribution is 2.21. The van der Waals surface area contributed by atoms with Crippen LogP contribution in [0.2, 0.25) is 0 Å². The van der Waals surface area contributed by atoms with Crippen LogP contribution in [0.4, 0.5) is 4.39 Å². The third kappa shape index (κ3) is 2.41. The minimum atomic E-state index is -0.149. The Labute approximate surface area is 107 Å². The average molecular weight is 246 g/mol. The molecule has 0 unspecified atom stereocenters. The zero-order chi connectivity index (χ0) is 12.4. The summed E-state index contributed by atoms with van der Waals surface area (Å²) < 4.78 is 15.4. The number of halogens is 1. The van der Waals surface area contributed by atoms with Crippen molar-refractivity contribution in [1.82, 2.24) is 9.88 Å². The van der Waals surface area contributed by atoms with Gasteiger partial charge in [0.1, 0.15) is 5.82 Å². The molecule has 18 heavy (non-hydrogen) atoms. The van der Waals surface area contributed by atoms with E-state index in [2.05, 4.69) is 22.1 Å². The van der Waals surface area contributed by atoms with Crippen molar-refractivity contribution in [3.63, 3.8) is 0 Å². The van der Waals surface area contributed by atoms with Crippen LogP contribution in [0.1, 0.15) is 19.3 Å². The van der Waals surface area contributed by atoms with E-state index < -0.39 is 0 Å². The van der Waals surface area contributed by atoms with Crippen LogP contribution < -0.4 is 5.32 Å². The molecule has 0 bridgehead atoms. The van der Waals surface area contributed by atoms with Gasteiger partial charge in [-0.25, -0.2) is 4.39 Å². The summed E-state index contributed by atoms with van der Waals surface area (Å²) in [6.07, 6.45) is 5.81. The van der Waals surface area contributed by atoms with Crippen LogP contribution >= 0.6 is 0 Å². The second-order valence-corrected chi connectivity index (χ2v) is 5.19. The van der Waals surface area contributed by atoms with Gasteiger partial charge in [-0.3, -0.25) is 0 Å². The van der Waals surface area contributed by atoms with E-state index in [0.29, 0.717) is 0 Å². The van der Waals surface area contributed by atoms with E-state index in [1.54, 1.807) is 6.07 Å². The first-order chi connectivity index (χ1) is 8.83. The Morgan fingerprint density at radius 1 is 1.22 bits per heavy atom. The zero-order valence-corrected chi connectivity index (χ0v) is 10.5. The molecule has 3 rings (SSSR count). The van der Waals surface area contributed by atoms with Crippen molar-refractivity contribution in [1.29, 1.82) is 0 Å². The Morgan fingerprint density at radius 2 is 2.06 bits per heavy atom. The Bertz CT molecular complexity index is 526. The lowest BCUT2D eigenvalue weighted by Crippen LogP contribution is -2.28. The molecule has 1 saturated heterocycles. The maximum absolute atomic E-state index is 13.3. The quantitative estimate of drug-likeness (QED) is 0.880. The largest absolute Gasteiger partial charge is 0.347 e. The molecule has 1 fully saturated rings. The highest BCUT2D eigenvalue weighted by molar-refractivity contribution is 5.80. The maximum Gasteiger partial charge on any atom is 0.125 e. The second-order valence-electron chi connectivity index (χ2n) is 5.19. The van der Waals surface area contributed by atoms with Crippen LogP contribution in [-0.2, 0) is 6.54 Å². The molecule has 0 saturated carbocycles. The van der Waals surface area contributed by atoms with Crippen molar-refractivity contribution in [2.24, 2.45) is 5.92 Å². The van der Waals surface area contributed by atoms with E-state index in [-0.39, 0.29) is 5.82 Å². The Morgan fingerprint density at radius 3 is 2.89 bits per heavy atom. The normalized spacial score (nSPS) is 17.4. The fraction of sp³-hybridized carbons (Fsp3) is 0.467. The van der Waals surface area contributed by atoms with Crippen molar-refractivity contribution >= 4 is 10.9 Å². The van der Waals surface area contributed by atoms with Gasteiger partial charge in [0.05, 0.1) is 5.52 Å². The third-order valence-electron chi connectivity index (χ3n) is 3.97. The fourth-order valence-electron chi connectivity index (χ4n) is 2.84. The summed E-state index contributed by atoms with van der Waals surface area (Å²) in [5.41, 5.74) is 1.02. The zero-order valence-electron chi connectivity index (χ0n) is 10.5. The number of aromatic nitrogens is 1. The number of fused-ring (bicyclic) bond motifs is 1. The Kier molecular flexibility index (Phi) is 3.33. The molecule has 0 radical (unpaired) electrons. The molecule has 0 aliphatic carbocycles. The van der Waals surface area contributed by atoms with E-state index in [9.17, 15) is 4.39 Å². The molecule has 1 aliphatic rings. The fourth-order valence-corrected chi connectivity index (χ4v) is 2.84. The molecular weight excluding hydrogens is 227 g/mol. The lowest BCUT2D eigenvalue weighted by atomic mass is 9.95. The minimum absolute atomic E-state index is 0.149. The highest BCUT2D eigenvalue weighted by atomic mass is 19.1. The van der Waals surface area contributed by atoms with Gasteiger partial charge in [0.2, 0.25) is 0 Å². The summed E-state index contributed by atoms with van der Waals surface area (Å²) >= 11 is 0. The monoisotopic (exact) mass is 246 g/mol. The molecule has 1 aromatic heterocycles. The van der Waals surface area contributed by atoms with Crippen LogP contribution in [0.5, 0.6) is 0 Å². The predicted octanol–water partition coefficient (Wildman–Crippen LogP) is 3.17. The van der Waals surface area contributed by atoms with E-state index in [1.807, 2.05) is 6.07 Å². The number of aryl methyl sites for hydroxylation is 1. The van der Waals surface area contributed by atoms with E-state index in [0.717, 1.165) is 36.5 Å². The Balaban J connectivity index is 1.72. The van der Waals surface area contributed by atoms with Crippen LogP contribution in [0.25, 0.3) is 10.9 Å². The molecule has 1 aromatic carbocycles. The molecule has 2 nitrogen and oxygen atoms in total. The average Bonchev–Trinajstić information content (AvgIpc) is 2.80. The van der Waals surface area contributed by atoms with Gasteiger partial charge < -0.3 is 9.88 Å².